The number of aromatic nitrogens is 4. The van der Waals surface area contributed by atoms with E-state index in [4.69, 9.17) is 0 Å². The van der Waals surface area contributed by atoms with Gasteiger partial charge in [-0.3, -0.25) is 14.2 Å². The molecule has 1 N–H and O–H groups in total. The zero-order valence-corrected chi connectivity index (χ0v) is 18.2. The van der Waals surface area contributed by atoms with Gasteiger partial charge in [-0.1, -0.05) is 34.1 Å². The molecule has 0 saturated carbocycles. The number of halogens is 1. The van der Waals surface area contributed by atoms with E-state index in [1.807, 2.05) is 56.3 Å². The Labute approximate surface area is 181 Å². The molecule has 4 aromatic rings. The predicted molar refractivity (Wildman–Crippen MR) is 120 cm³/mol. The maximum absolute atomic E-state index is 12.7. The highest BCUT2D eigenvalue weighted by Crippen LogP contribution is 2.20. The number of nitrogens with one attached hydrogen (secondary N) is 1. The highest BCUT2D eigenvalue weighted by molar-refractivity contribution is 9.10. The number of hydrogen-bond acceptors (Lipinski definition) is 4. The number of carbonyl (C=O) groups excluding carboxylic acids is 1. The van der Waals surface area contributed by atoms with Gasteiger partial charge in [0.25, 0.3) is 5.56 Å². The van der Waals surface area contributed by atoms with Gasteiger partial charge in [-0.05, 0) is 43.7 Å². The summed E-state index contributed by atoms with van der Waals surface area (Å²) < 4.78 is 4.08. The molecule has 0 aliphatic rings. The Hall–Kier alpha value is -3.26. The molecule has 152 valence electrons. The molecule has 0 aliphatic heterocycles. The first-order valence-corrected chi connectivity index (χ1v) is 10.3. The number of para-hydroxylation sites is 1. The molecule has 7 nitrogen and oxygen atoms in total. The van der Waals surface area contributed by atoms with E-state index in [-0.39, 0.29) is 24.4 Å². The number of carbonyl (C=O) groups is 1. The highest BCUT2D eigenvalue weighted by Gasteiger charge is 2.12. The smallest absolute Gasteiger partial charge is 0.261 e. The molecule has 0 unspecified atom stereocenters. The van der Waals surface area contributed by atoms with Crippen molar-refractivity contribution in [2.24, 2.45) is 0 Å². The van der Waals surface area contributed by atoms with E-state index >= 15 is 0 Å². The lowest BCUT2D eigenvalue weighted by Crippen LogP contribution is -2.24. The van der Waals surface area contributed by atoms with Crippen LogP contribution in [0.15, 0.2) is 64.1 Å². The van der Waals surface area contributed by atoms with Gasteiger partial charge in [-0.2, -0.15) is 5.10 Å². The number of amides is 1. The summed E-state index contributed by atoms with van der Waals surface area (Å²) in [5.74, 6) is 0.373. The maximum atomic E-state index is 12.7. The average Bonchev–Trinajstić information content (AvgIpc) is 3.08. The van der Waals surface area contributed by atoms with Gasteiger partial charge in [0.05, 0.1) is 28.6 Å². The lowest BCUT2D eigenvalue weighted by Gasteiger charge is -2.10. The minimum atomic E-state index is -0.206. The van der Waals surface area contributed by atoms with E-state index in [9.17, 15) is 9.59 Å². The minimum Gasteiger partial charge on any atom is -0.311 e. The first-order valence-electron chi connectivity index (χ1n) is 9.49. The number of aryl methyl sites for hydroxylation is 3. The monoisotopic (exact) mass is 465 g/mol. The van der Waals surface area contributed by atoms with E-state index in [2.05, 4.69) is 31.3 Å². The van der Waals surface area contributed by atoms with E-state index in [0.717, 1.165) is 21.4 Å². The minimum absolute atomic E-state index is 0.140. The topological polar surface area (TPSA) is 81.8 Å². The Morgan fingerprint density at radius 3 is 2.73 bits per heavy atom. The van der Waals surface area contributed by atoms with Crippen LogP contribution in [0.2, 0.25) is 0 Å². The van der Waals surface area contributed by atoms with Crippen molar-refractivity contribution in [2.45, 2.75) is 26.8 Å². The van der Waals surface area contributed by atoms with Crippen molar-refractivity contribution in [1.82, 2.24) is 19.3 Å². The maximum Gasteiger partial charge on any atom is 0.261 e. The molecule has 30 heavy (non-hydrogen) atoms. The molecule has 2 aromatic carbocycles. The number of benzene rings is 2. The van der Waals surface area contributed by atoms with Crippen LogP contribution in [0, 0.1) is 13.8 Å². The third-order valence-corrected chi connectivity index (χ3v) is 5.28. The van der Waals surface area contributed by atoms with Gasteiger partial charge in [-0.15, -0.1) is 0 Å². The van der Waals surface area contributed by atoms with Crippen LogP contribution in [-0.2, 0) is 11.3 Å². The molecule has 0 atom stereocenters. The molecule has 8 heteroatoms. The quantitative estimate of drug-likeness (QED) is 0.482. The summed E-state index contributed by atoms with van der Waals surface area (Å²) in [5, 5.41) is 7.92. The standard InChI is InChI=1S/C22H20BrN5O2/c1-14-5-3-8-18-21(14)24-13-27(22(18)30)10-9-20(29)25-19-11-15(2)26-28(19)17-7-4-6-16(23)12-17/h3-8,11-13H,9-10H2,1-2H3,(H,25,29). The molecule has 0 bridgehead atoms. The van der Waals surface area contributed by atoms with Gasteiger partial charge in [0.2, 0.25) is 5.91 Å². The third kappa shape index (κ3) is 4.04. The van der Waals surface area contributed by atoms with Crippen molar-refractivity contribution in [2.75, 3.05) is 5.32 Å². The van der Waals surface area contributed by atoms with Crippen LogP contribution in [0.5, 0.6) is 0 Å². The Balaban J connectivity index is 1.51. The summed E-state index contributed by atoms with van der Waals surface area (Å²) in [4.78, 5) is 29.7. The van der Waals surface area contributed by atoms with Crippen LogP contribution >= 0.6 is 15.9 Å². The Morgan fingerprint density at radius 2 is 1.93 bits per heavy atom. The molecule has 4 rings (SSSR count). The summed E-state index contributed by atoms with van der Waals surface area (Å²) in [6.45, 7) is 4.03. The molecule has 0 spiro atoms. The lowest BCUT2D eigenvalue weighted by molar-refractivity contribution is -0.116. The normalized spacial score (nSPS) is 11.0. The van der Waals surface area contributed by atoms with Gasteiger partial charge in [0.15, 0.2) is 0 Å². The van der Waals surface area contributed by atoms with E-state index in [1.165, 1.54) is 10.9 Å². The number of rotatable bonds is 5. The van der Waals surface area contributed by atoms with Crippen molar-refractivity contribution >= 4 is 38.6 Å². The second-order valence-electron chi connectivity index (χ2n) is 7.08. The molecule has 2 heterocycles. The first kappa shape index (κ1) is 20.0. The van der Waals surface area contributed by atoms with Gasteiger partial charge in [0.1, 0.15) is 5.82 Å². The van der Waals surface area contributed by atoms with Crippen molar-refractivity contribution in [3.63, 3.8) is 0 Å². The fourth-order valence-corrected chi connectivity index (χ4v) is 3.70. The molecular formula is C22H20BrN5O2. The third-order valence-electron chi connectivity index (χ3n) is 4.79. The summed E-state index contributed by atoms with van der Waals surface area (Å²) in [7, 11) is 0. The summed E-state index contributed by atoms with van der Waals surface area (Å²) in [5.41, 5.74) is 3.11. The first-order chi connectivity index (χ1) is 14.4. The molecule has 0 aliphatic carbocycles. The predicted octanol–water partition coefficient (Wildman–Crippen LogP) is 3.99. The van der Waals surface area contributed by atoms with Gasteiger partial charge in [0, 0.05) is 23.5 Å². The molecule has 1 amide bonds. The van der Waals surface area contributed by atoms with Crippen molar-refractivity contribution in [1.29, 1.82) is 0 Å². The Bertz CT molecular complexity index is 1310. The molecular weight excluding hydrogens is 446 g/mol. The molecule has 0 saturated heterocycles. The van der Waals surface area contributed by atoms with Crippen LogP contribution in [0.3, 0.4) is 0 Å². The molecule has 0 fully saturated rings. The van der Waals surface area contributed by atoms with Crippen LogP contribution < -0.4 is 10.9 Å². The fourth-order valence-electron chi connectivity index (χ4n) is 3.32. The van der Waals surface area contributed by atoms with Gasteiger partial charge in [-0.25, -0.2) is 9.67 Å². The summed E-state index contributed by atoms with van der Waals surface area (Å²) in [6, 6.07) is 15.0. The van der Waals surface area contributed by atoms with Crippen LogP contribution in [0.25, 0.3) is 16.6 Å². The molecule has 2 aromatic heterocycles. The van der Waals surface area contributed by atoms with Crippen LogP contribution in [0.4, 0.5) is 5.82 Å². The van der Waals surface area contributed by atoms with E-state index in [1.54, 1.807) is 10.7 Å². The van der Waals surface area contributed by atoms with Gasteiger partial charge < -0.3 is 5.32 Å². The largest absolute Gasteiger partial charge is 0.311 e. The average molecular weight is 466 g/mol. The summed E-state index contributed by atoms with van der Waals surface area (Å²) in [6.07, 6.45) is 1.64. The zero-order valence-electron chi connectivity index (χ0n) is 16.6. The van der Waals surface area contributed by atoms with E-state index < -0.39 is 0 Å². The van der Waals surface area contributed by atoms with Crippen molar-refractivity contribution in [3.8, 4) is 5.69 Å². The number of nitrogens with zero attached hydrogens (tertiary/aromatic N) is 4. The zero-order chi connectivity index (χ0) is 21.3. The number of hydrogen-bond donors (Lipinski definition) is 1. The Kier molecular flexibility index (Phi) is 5.50. The van der Waals surface area contributed by atoms with Crippen molar-refractivity contribution < 1.29 is 4.79 Å². The molecule has 0 radical (unpaired) electrons. The Morgan fingerprint density at radius 1 is 1.13 bits per heavy atom. The van der Waals surface area contributed by atoms with Gasteiger partial charge >= 0.3 is 0 Å². The second-order valence-corrected chi connectivity index (χ2v) is 7.99. The number of anilines is 1. The lowest BCUT2D eigenvalue weighted by atomic mass is 10.1. The van der Waals surface area contributed by atoms with Crippen LogP contribution in [-0.4, -0.2) is 25.2 Å². The van der Waals surface area contributed by atoms with E-state index in [0.29, 0.717) is 16.7 Å². The van der Waals surface area contributed by atoms with Crippen molar-refractivity contribution in [3.05, 3.63) is 80.9 Å². The van der Waals surface area contributed by atoms with Crippen LogP contribution in [0.1, 0.15) is 17.7 Å². The fraction of sp³-hybridized carbons (Fsp3) is 0.182. The highest BCUT2D eigenvalue weighted by atomic mass is 79.9. The summed E-state index contributed by atoms with van der Waals surface area (Å²) >= 11 is 3.45. The SMILES string of the molecule is Cc1cc(NC(=O)CCn2cnc3c(C)cccc3c2=O)n(-c2cccc(Br)c2)n1. The number of fused-ring (bicyclic) bond motifs is 1. The second kappa shape index (κ2) is 8.23.